The Kier molecular flexibility index (Phi) is 4.57. The summed E-state index contributed by atoms with van der Waals surface area (Å²) in [7, 11) is 1.62. The Morgan fingerprint density at radius 3 is 2.83 bits per heavy atom. The summed E-state index contributed by atoms with van der Waals surface area (Å²) in [6, 6.07) is 7.51. The molecule has 0 saturated carbocycles. The van der Waals surface area contributed by atoms with Gasteiger partial charge in [-0.15, -0.1) is 5.10 Å². The fourth-order valence-corrected chi connectivity index (χ4v) is 2.88. The number of rotatable bonds is 4. The lowest BCUT2D eigenvalue weighted by atomic mass is 10.0. The molecule has 1 aromatic heterocycles. The van der Waals surface area contributed by atoms with Crippen molar-refractivity contribution in [2.75, 3.05) is 20.2 Å². The van der Waals surface area contributed by atoms with E-state index in [4.69, 9.17) is 10.5 Å². The van der Waals surface area contributed by atoms with Gasteiger partial charge in [0.2, 0.25) is 0 Å². The summed E-state index contributed by atoms with van der Waals surface area (Å²) in [6.07, 6.45) is 4.74. The van der Waals surface area contributed by atoms with Gasteiger partial charge in [-0.3, -0.25) is 4.79 Å². The zero-order valence-corrected chi connectivity index (χ0v) is 13.2. The third kappa shape index (κ3) is 3.19. The first-order valence-electron chi connectivity index (χ1n) is 7.80. The first-order chi connectivity index (χ1) is 11.2. The maximum Gasteiger partial charge on any atom is 0.276 e. The summed E-state index contributed by atoms with van der Waals surface area (Å²) in [6.45, 7) is 1.22. The lowest BCUT2D eigenvalue weighted by Crippen LogP contribution is -2.47. The average molecular weight is 315 g/mol. The fourth-order valence-electron chi connectivity index (χ4n) is 2.88. The molecule has 0 bridgehead atoms. The monoisotopic (exact) mass is 315 g/mol. The zero-order chi connectivity index (χ0) is 16.2. The Morgan fingerprint density at radius 1 is 1.35 bits per heavy atom. The van der Waals surface area contributed by atoms with E-state index in [1.807, 2.05) is 29.2 Å². The van der Waals surface area contributed by atoms with Gasteiger partial charge in [-0.2, -0.15) is 0 Å². The second kappa shape index (κ2) is 6.78. The van der Waals surface area contributed by atoms with Crippen molar-refractivity contribution in [3.05, 3.63) is 36.2 Å². The number of nitrogens with two attached hydrogens (primary N) is 1. The van der Waals surface area contributed by atoms with Crippen molar-refractivity contribution < 1.29 is 9.53 Å². The van der Waals surface area contributed by atoms with Crippen LogP contribution in [0.4, 0.5) is 0 Å². The molecule has 1 amide bonds. The van der Waals surface area contributed by atoms with Gasteiger partial charge in [0.05, 0.1) is 19.0 Å². The van der Waals surface area contributed by atoms with E-state index >= 15 is 0 Å². The first-order valence-corrected chi connectivity index (χ1v) is 7.80. The molecule has 2 aromatic rings. The number of hydrogen-bond acceptors (Lipinski definition) is 5. The lowest BCUT2D eigenvalue weighted by molar-refractivity contribution is 0.0617. The molecule has 1 saturated heterocycles. The second-order valence-electron chi connectivity index (χ2n) is 5.63. The minimum atomic E-state index is -0.0973. The summed E-state index contributed by atoms with van der Waals surface area (Å²) in [5.41, 5.74) is 6.96. The Labute approximate surface area is 135 Å². The lowest BCUT2D eigenvalue weighted by Gasteiger charge is -2.34. The van der Waals surface area contributed by atoms with Crippen LogP contribution in [0.2, 0.25) is 0 Å². The highest BCUT2D eigenvalue weighted by Crippen LogP contribution is 2.19. The van der Waals surface area contributed by atoms with E-state index in [1.165, 1.54) is 0 Å². The van der Waals surface area contributed by atoms with Gasteiger partial charge in [0, 0.05) is 19.1 Å². The molecule has 1 unspecified atom stereocenters. The van der Waals surface area contributed by atoms with E-state index in [9.17, 15) is 4.79 Å². The number of ether oxygens (including phenoxy) is 1. The zero-order valence-electron chi connectivity index (χ0n) is 13.2. The molecule has 1 aliphatic rings. The van der Waals surface area contributed by atoms with Gasteiger partial charge in [-0.05, 0) is 43.5 Å². The van der Waals surface area contributed by atoms with Crippen LogP contribution in [0.1, 0.15) is 29.8 Å². The van der Waals surface area contributed by atoms with Gasteiger partial charge in [-0.25, -0.2) is 4.68 Å². The summed E-state index contributed by atoms with van der Waals surface area (Å²) < 4.78 is 6.73. The molecule has 0 aliphatic carbocycles. The van der Waals surface area contributed by atoms with E-state index in [2.05, 4.69) is 10.3 Å². The molecule has 1 atom stereocenters. The Hall–Kier alpha value is -2.41. The standard InChI is InChI=1S/C16H21N5O2/c1-23-14-7-5-12(6-8-14)21-11-15(18-19-21)16(22)20-9-3-2-4-13(20)10-17/h5-8,11,13H,2-4,9-10,17H2,1H3. The van der Waals surface area contributed by atoms with Crippen molar-refractivity contribution in [2.24, 2.45) is 5.73 Å². The number of carbonyl (C=O) groups is 1. The number of carbonyl (C=O) groups excluding carboxylic acids is 1. The normalized spacial score (nSPS) is 18.0. The highest BCUT2D eigenvalue weighted by Gasteiger charge is 2.28. The number of piperidine rings is 1. The Balaban J connectivity index is 1.78. The van der Waals surface area contributed by atoms with Gasteiger partial charge in [0.1, 0.15) is 5.75 Å². The van der Waals surface area contributed by atoms with Crippen LogP contribution in [0.25, 0.3) is 5.69 Å². The maximum absolute atomic E-state index is 12.6. The summed E-state index contributed by atoms with van der Waals surface area (Å²) in [4.78, 5) is 14.5. The minimum absolute atomic E-state index is 0.0973. The minimum Gasteiger partial charge on any atom is -0.497 e. The molecule has 3 rings (SSSR count). The molecule has 2 N–H and O–H groups in total. The third-order valence-corrected chi connectivity index (χ3v) is 4.21. The highest BCUT2D eigenvalue weighted by atomic mass is 16.5. The van der Waals surface area contributed by atoms with E-state index in [0.717, 1.165) is 37.2 Å². The Bertz CT molecular complexity index is 667. The van der Waals surface area contributed by atoms with Crippen molar-refractivity contribution in [2.45, 2.75) is 25.3 Å². The second-order valence-corrected chi connectivity index (χ2v) is 5.63. The molecule has 2 heterocycles. The quantitative estimate of drug-likeness (QED) is 0.917. The average Bonchev–Trinajstić information content (AvgIpc) is 3.11. The highest BCUT2D eigenvalue weighted by molar-refractivity contribution is 5.92. The summed E-state index contributed by atoms with van der Waals surface area (Å²) in [5.74, 6) is 0.671. The first kappa shape index (κ1) is 15.5. The van der Waals surface area contributed by atoms with Crippen LogP contribution in [0.3, 0.4) is 0 Å². The van der Waals surface area contributed by atoms with Gasteiger partial charge >= 0.3 is 0 Å². The van der Waals surface area contributed by atoms with Crippen LogP contribution in [-0.2, 0) is 0 Å². The Morgan fingerprint density at radius 2 is 2.13 bits per heavy atom. The topological polar surface area (TPSA) is 86.3 Å². The number of benzene rings is 1. The SMILES string of the molecule is COc1ccc(-n2cc(C(=O)N3CCCCC3CN)nn2)cc1. The van der Waals surface area contributed by atoms with Crippen LogP contribution >= 0.6 is 0 Å². The molecule has 122 valence electrons. The molecule has 7 nitrogen and oxygen atoms in total. The van der Waals surface area contributed by atoms with E-state index in [-0.39, 0.29) is 11.9 Å². The predicted octanol–water partition coefficient (Wildman–Crippen LogP) is 1.23. The van der Waals surface area contributed by atoms with Crippen molar-refractivity contribution in [1.82, 2.24) is 19.9 Å². The van der Waals surface area contributed by atoms with E-state index in [1.54, 1.807) is 18.0 Å². The van der Waals surface area contributed by atoms with Gasteiger partial charge in [0.25, 0.3) is 5.91 Å². The summed E-state index contributed by atoms with van der Waals surface area (Å²) in [5, 5.41) is 8.08. The molecule has 23 heavy (non-hydrogen) atoms. The van der Waals surface area contributed by atoms with Gasteiger partial charge in [0.15, 0.2) is 5.69 Å². The summed E-state index contributed by atoms with van der Waals surface area (Å²) >= 11 is 0. The van der Waals surface area contributed by atoms with Crippen molar-refractivity contribution in [3.8, 4) is 11.4 Å². The number of nitrogens with zero attached hydrogens (tertiary/aromatic N) is 4. The molecular formula is C16H21N5O2. The van der Waals surface area contributed by atoms with Crippen LogP contribution in [0, 0.1) is 0 Å². The van der Waals surface area contributed by atoms with Crippen molar-refractivity contribution in [3.63, 3.8) is 0 Å². The number of aromatic nitrogens is 3. The number of likely N-dealkylation sites (tertiary alicyclic amines) is 1. The van der Waals surface area contributed by atoms with Crippen molar-refractivity contribution >= 4 is 5.91 Å². The largest absolute Gasteiger partial charge is 0.497 e. The molecule has 1 aliphatic heterocycles. The number of hydrogen-bond donors (Lipinski definition) is 1. The smallest absolute Gasteiger partial charge is 0.276 e. The van der Waals surface area contributed by atoms with Crippen molar-refractivity contribution in [1.29, 1.82) is 0 Å². The fraction of sp³-hybridized carbons (Fsp3) is 0.438. The van der Waals surface area contributed by atoms with Gasteiger partial charge in [-0.1, -0.05) is 5.21 Å². The molecule has 0 radical (unpaired) electrons. The van der Waals surface area contributed by atoms with Gasteiger partial charge < -0.3 is 15.4 Å². The van der Waals surface area contributed by atoms with E-state index < -0.39 is 0 Å². The number of methoxy groups -OCH3 is 1. The predicted molar refractivity (Wildman–Crippen MR) is 85.6 cm³/mol. The molecule has 1 aromatic carbocycles. The number of amides is 1. The molecule has 0 spiro atoms. The molecular weight excluding hydrogens is 294 g/mol. The third-order valence-electron chi connectivity index (χ3n) is 4.21. The maximum atomic E-state index is 12.6. The molecule has 7 heteroatoms. The molecule has 1 fully saturated rings. The van der Waals surface area contributed by atoms with Crippen LogP contribution in [-0.4, -0.2) is 52.0 Å². The van der Waals surface area contributed by atoms with Crippen LogP contribution in [0.5, 0.6) is 5.75 Å². The van der Waals surface area contributed by atoms with E-state index in [0.29, 0.717) is 12.2 Å². The van der Waals surface area contributed by atoms with Crippen LogP contribution < -0.4 is 10.5 Å². The van der Waals surface area contributed by atoms with Crippen LogP contribution in [0.15, 0.2) is 30.5 Å².